The molecule has 7 heteroatoms. The third-order valence-electron chi connectivity index (χ3n) is 3.05. The molecular weight excluding hydrogens is 290 g/mol. The van der Waals surface area contributed by atoms with Crippen molar-refractivity contribution in [2.24, 2.45) is 0 Å². The van der Waals surface area contributed by atoms with Gasteiger partial charge in [0.1, 0.15) is 17.3 Å². The normalized spacial score (nSPS) is 26.5. The number of carbonyl (C=O) groups excluding carboxylic acids is 2. The molecule has 1 aliphatic rings. The fraction of sp³-hybridized carbons (Fsp3) is 0.867. The van der Waals surface area contributed by atoms with Crippen molar-refractivity contribution in [3.63, 3.8) is 0 Å². The van der Waals surface area contributed by atoms with E-state index < -0.39 is 35.1 Å². The lowest BCUT2D eigenvalue weighted by molar-refractivity contribution is -0.226. The van der Waals surface area contributed by atoms with Gasteiger partial charge in [0.25, 0.3) is 5.72 Å². The molecule has 1 amide bonds. The summed E-state index contributed by atoms with van der Waals surface area (Å²) in [4.78, 5) is 25.5. The molecule has 0 spiro atoms. The molecule has 128 valence electrons. The van der Waals surface area contributed by atoms with Gasteiger partial charge in [0.2, 0.25) is 0 Å². The van der Waals surface area contributed by atoms with E-state index in [2.05, 4.69) is 0 Å². The number of amides is 1. The van der Waals surface area contributed by atoms with Gasteiger partial charge in [-0.2, -0.15) is 0 Å². The number of likely N-dealkylation sites (tertiary alicyclic amines) is 1. The minimum Gasteiger partial charge on any atom is -0.456 e. The fourth-order valence-corrected chi connectivity index (χ4v) is 2.14. The van der Waals surface area contributed by atoms with Crippen molar-refractivity contribution in [3.05, 3.63) is 0 Å². The van der Waals surface area contributed by atoms with Crippen LogP contribution in [0.1, 0.15) is 54.4 Å². The first-order chi connectivity index (χ1) is 9.77. The van der Waals surface area contributed by atoms with Gasteiger partial charge >= 0.3 is 12.1 Å². The predicted octanol–water partition coefficient (Wildman–Crippen LogP) is 1.41. The number of hydrogen-bond acceptors (Lipinski definition) is 6. The number of esters is 1. The van der Waals surface area contributed by atoms with Gasteiger partial charge in [-0.3, -0.25) is 4.90 Å². The standard InChI is InChI=1S/C15H27NO6/c1-13(2,3)21-11(18)15(20)10(17)8-7-9-16(15)12(19)22-14(4,5)6/h10,17,20H,7-9H2,1-6H3. The third kappa shape index (κ3) is 4.33. The number of piperidine rings is 1. The highest BCUT2D eigenvalue weighted by molar-refractivity contribution is 5.85. The topological polar surface area (TPSA) is 96.3 Å². The second kappa shape index (κ2) is 6.04. The number of hydrogen-bond donors (Lipinski definition) is 2. The van der Waals surface area contributed by atoms with Crippen LogP contribution in [0.5, 0.6) is 0 Å². The summed E-state index contributed by atoms with van der Waals surface area (Å²) in [6.07, 6.45) is -1.65. The summed E-state index contributed by atoms with van der Waals surface area (Å²) < 4.78 is 10.4. The average Bonchev–Trinajstić information content (AvgIpc) is 2.27. The molecule has 0 aromatic rings. The number of rotatable bonds is 1. The number of aliphatic hydroxyl groups is 2. The van der Waals surface area contributed by atoms with E-state index in [4.69, 9.17) is 9.47 Å². The van der Waals surface area contributed by atoms with Crippen LogP contribution in [0.2, 0.25) is 0 Å². The lowest BCUT2D eigenvalue weighted by Crippen LogP contribution is -2.68. The molecule has 1 saturated heterocycles. The molecule has 0 aliphatic carbocycles. The predicted molar refractivity (Wildman–Crippen MR) is 79.0 cm³/mol. The highest BCUT2D eigenvalue weighted by atomic mass is 16.6. The van der Waals surface area contributed by atoms with Gasteiger partial charge < -0.3 is 19.7 Å². The average molecular weight is 317 g/mol. The Kier molecular flexibility index (Phi) is 5.14. The van der Waals surface area contributed by atoms with E-state index in [1.807, 2.05) is 0 Å². The van der Waals surface area contributed by atoms with Crippen molar-refractivity contribution >= 4 is 12.1 Å². The second-order valence-corrected chi connectivity index (χ2v) is 7.52. The summed E-state index contributed by atoms with van der Waals surface area (Å²) in [5, 5.41) is 20.8. The van der Waals surface area contributed by atoms with E-state index in [1.54, 1.807) is 41.5 Å². The van der Waals surface area contributed by atoms with Crippen molar-refractivity contribution in [1.82, 2.24) is 4.90 Å². The molecule has 0 saturated carbocycles. The van der Waals surface area contributed by atoms with Gasteiger partial charge in [-0.1, -0.05) is 0 Å². The first-order valence-electron chi connectivity index (χ1n) is 7.42. The Labute approximate surface area is 131 Å². The molecular formula is C15H27NO6. The molecule has 2 N–H and O–H groups in total. The third-order valence-corrected chi connectivity index (χ3v) is 3.05. The van der Waals surface area contributed by atoms with Crippen molar-refractivity contribution in [3.8, 4) is 0 Å². The molecule has 7 nitrogen and oxygen atoms in total. The van der Waals surface area contributed by atoms with E-state index in [1.165, 1.54) is 0 Å². The maximum atomic E-state index is 12.3. The Bertz CT molecular complexity index is 436. The zero-order chi connectivity index (χ0) is 17.3. The zero-order valence-corrected chi connectivity index (χ0v) is 14.2. The molecule has 1 rings (SSSR count). The summed E-state index contributed by atoms with van der Waals surface area (Å²) in [5.41, 5.74) is -4.08. The number of carbonyl (C=O) groups is 2. The SMILES string of the molecule is CC(C)(C)OC(=O)N1CCCC(O)C1(O)C(=O)OC(C)(C)C. The van der Waals surface area contributed by atoms with Gasteiger partial charge in [0.15, 0.2) is 0 Å². The van der Waals surface area contributed by atoms with E-state index in [-0.39, 0.29) is 13.0 Å². The smallest absolute Gasteiger partial charge is 0.413 e. The van der Waals surface area contributed by atoms with E-state index in [0.717, 1.165) is 4.90 Å². The Morgan fingerprint density at radius 3 is 2.05 bits per heavy atom. The van der Waals surface area contributed by atoms with Crippen LogP contribution in [-0.2, 0) is 14.3 Å². The van der Waals surface area contributed by atoms with Crippen LogP contribution < -0.4 is 0 Å². The Balaban J connectivity index is 3.07. The van der Waals surface area contributed by atoms with Gasteiger partial charge in [-0.05, 0) is 54.4 Å². The monoisotopic (exact) mass is 317 g/mol. The summed E-state index contributed by atoms with van der Waals surface area (Å²) in [7, 11) is 0. The fourth-order valence-electron chi connectivity index (χ4n) is 2.14. The lowest BCUT2D eigenvalue weighted by Gasteiger charge is -2.44. The van der Waals surface area contributed by atoms with Crippen molar-refractivity contribution in [1.29, 1.82) is 0 Å². The van der Waals surface area contributed by atoms with Crippen LogP contribution in [0, 0.1) is 0 Å². The van der Waals surface area contributed by atoms with E-state index >= 15 is 0 Å². The quantitative estimate of drug-likeness (QED) is 0.710. The zero-order valence-electron chi connectivity index (χ0n) is 14.2. The van der Waals surface area contributed by atoms with Gasteiger partial charge in [-0.25, -0.2) is 9.59 Å². The Hall–Kier alpha value is -1.34. The summed E-state index contributed by atoms with van der Waals surface area (Å²) >= 11 is 0. The van der Waals surface area contributed by atoms with Crippen LogP contribution in [-0.4, -0.2) is 56.8 Å². The van der Waals surface area contributed by atoms with Crippen LogP contribution in [0.25, 0.3) is 0 Å². The van der Waals surface area contributed by atoms with Gasteiger partial charge in [-0.15, -0.1) is 0 Å². The minimum absolute atomic E-state index is 0.0989. The number of nitrogens with zero attached hydrogens (tertiary/aromatic N) is 1. The Morgan fingerprint density at radius 1 is 1.09 bits per heavy atom. The van der Waals surface area contributed by atoms with Crippen molar-refractivity contribution in [2.75, 3.05) is 6.54 Å². The molecule has 0 aromatic heterocycles. The van der Waals surface area contributed by atoms with Crippen LogP contribution in [0.4, 0.5) is 4.79 Å². The molecule has 2 unspecified atom stereocenters. The first-order valence-corrected chi connectivity index (χ1v) is 7.42. The van der Waals surface area contributed by atoms with Gasteiger partial charge in [0, 0.05) is 6.54 Å². The molecule has 1 aliphatic heterocycles. The molecule has 22 heavy (non-hydrogen) atoms. The summed E-state index contributed by atoms with van der Waals surface area (Å²) in [5.74, 6) is -1.06. The van der Waals surface area contributed by atoms with Crippen LogP contribution in [0.15, 0.2) is 0 Å². The first kappa shape index (κ1) is 18.7. The summed E-state index contributed by atoms with van der Waals surface area (Å²) in [6.45, 7) is 10.1. The molecule has 2 atom stereocenters. The van der Waals surface area contributed by atoms with Crippen LogP contribution >= 0.6 is 0 Å². The Morgan fingerprint density at radius 2 is 1.59 bits per heavy atom. The number of ether oxygens (including phenoxy) is 2. The molecule has 1 fully saturated rings. The molecule has 1 heterocycles. The summed E-state index contributed by atoms with van der Waals surface area (Å²) in [6, 6.07) is 0. The molecule has 0 bridgehead atoms. The maximum absolute atomic E-state index is 12.3. The highest BCUT2D eigenvalue weighted by Gasteiger charge is 2.56. The second-order valence-electron chi connectivity index (χ2n) is 7.52. The van der Waals surface area contributed by atoms with Gasteiger partial charge in [0.05, 0.1) is 0 Å². The van der Waals surface area contributed by atoms with E-state index in [0.29, 0.717) is 6.42 Å². The van der Waals surface area contributed by atoms with E-state index in [9.17, 15) is 19.8 Å². The van der Waals surface area contributed by atoms with Crippen molar-refractivity contribution in [2.45, 2.75) is 77.4 Å². The maximum Gasteiger partial charge on any atom is 0.413 e. The largest absolute Gasteiger partial charge is 0.456 e. The lowest BCUT2D eigenvalue weighted by atomic mass is 9.95. The van der Waals surface area contributed by atoms with Crippen LogP contribution in [0.3, 0.4) is 0 Å². The molecule has 0 aromatic carbocycles. The highest BCUT2D eigenvalue weighted by Crippen LogP contribution is 2.30. The number of aliphatic hydroxyl groups excluding tert-OH is 1. The van der Waals surface area contributed by atoms with Crippen molar-refractivity contribution < 1.29 is 29.3 Å². The minimum atomic E-state index is -2.44. The molecule has 0 radical (unpaired) electrons.